The Morgan fingerprint density at radius 1 is 1.35 bits per heavy atom. The number of benzene rings is 1. The molecule has 0 atom stereocenters. The number of alkyl halides is 3. The van der Waals surface area contributed by atoms with Crippen LogP contribution in [-0.2, 0) is 6.42 Å². The second kappa shape index (κ2) is 4.60. The highest BCUT2D eigenvalue weighted by Crippen LogP contribution is 2.30. The summed E-state index contributed by atoms with van der Waals surface area (Å²) in [4.78, 5) is 11.5. The van der Waals surface area contributed by atoms with Crippen LogP contribution in [0, 0.1) is 10.1 Å². The number of anilines is 1. The van der Waals surface area contributed by atoms with Gasteiger partial charge in [-0.05, 0) is 11.6 Å². The minimum Gasteiger partial charge on any atom is -0.372 e. The van der Waals surface area contributed by atoms with E-state index in [-0.39, 0.29) is 16.9 Å². The molecule has 0 aliphatic rings. The smallest absolute Gasteiger partial charge is 0.372 e. The van der Waals surface area contributed by atoms with Crippen LogP contribution in [0.2, 0.25) is 0 Å². The highest BCUT2D eigenvalue weighted by atomic mass is 19.4. The molecule has 1 rings (SSSR count). The second-order valence-electron chi connectivity index (χ2n) is 3.77. The fourth-order valence-electron chi connectivity index (χ4n) is 1.43. The van der Waals surface area contributed by atoms with Gasteiger partial charge in [0.05, 0.1) is 11.3 Å². The number of hydrogen-bond acceptors (Lipinski definition) is 3. The number of nitro groups is 1. The zero-order valence-corrected chi connectivity index (χ0v) is 9.28. The van der Waals surface area contributed by atoms with E-state index in [9.17, 15) is 23.3 Å². The van der Waals surface area contributed by atoms with Crippen LogP contribution in [0.1, 0.15) is 5.56 Å². The Kier molecular flexibility index (Phi) is 3.59. The molecule has 0 saturated heterocycles. The molecule has 0 aromatic heterocycles. The van der Waals surface area contributed by atoms with Crippen molar-refractivity contribution in [1.29, 1.82) is 0 Å². The SMILES string of the molecule is CN(C)c1ccc(CC(F)(F)F)cc1[N+](=O)[O-]. The summed E-state index contributed by atoms with van der Waals surface area (Å²) in [5, 5.41) is 10.7. The topological polar surface area (TPSA) is 46.4 Å². The molecule has 4 nitrogen and oxygen atoms in total. The first-order valence-corrected chi connectivity index (χ1v) is 4.72. The standard InChI is InChI=1S/C10H11F3N2O2/c1-14(2)8-4-3-7(6-10(11,12)13)5-9(8)15(16)17/h3-5H,6H2,1-2H3. The normalized spacial score (nSPS) is 11.4. The van der Waals surface area contributed by atoms with Gasteiger partial charge in [-0.15, -0.1) is 0 Å². The number of halogens is 3. The van der Waals surface area contributed by atoms with Crippen LogP contribution in [0.3, 0.4) is 0 Å². The van der Waals surface area contributed by atoms with E-state index in [0.29, 0.717) is 0 Å². The van der Waals surface area contributed by atoms with Crippen molar-refractivity contribution < 1.29 is 18.1 Å². The molecule has 1 aromatic carbocycles. The van der Waals surface area contributed by atoms with Crippen LogP contribution in [0.4, 0.5) is 24.5 Å². The molecule has 17 heavy (non-hydrogen) atoms. The van der Waals surface area contributed by atoms with Crippen molar-refractivity contribution >= 4 is 11.4 Å². The molecule has 0 fully saturated rings. The third-order valence-corrected chi connectivity index (χ3v) is 2.12. The maximum atomic E-state index is 12.2. The molecule has 0 aliphatic heterocycles. The average molecular weight is 248 g/mol. The van der Waals surface area contributed by atoms with Crippen LogP contribution in [-0.4, -0.2) is 25.2 Å². The van der Waals surface area contributed by atoms with Gasteiger partial charge in [0, 0.05) is 20.2 Å². The lowest BCUT2D eigenvalue weighted by Crippen LogP contribution is -2.14. The highest BCUT2D eigenvalue weighted by molar-refractivity contribution is 5.63. The van der Waals surface area contributed by atoms with Crippen molar-refractivity contribution in [3.8, 4) is 0 Å². The lowest BCUT2D eigenvalue weighted by molar-refractivity contribution is -0.384. The Hall–Kier alpha value is -1.79. The van der Waals surface area contributed by atoms with Gasteiger partial charge >= 0.3 is 6.18 Å². The van der Waals surface area contributed by atoms with Gasteiger partial charge in [-0.1, -0.05) is 6.07 Å². The monoisotopic (exact) mass is 248 g/mol. The third-order valence-electron chi connectivity index (χ3n) is 2.12. The van der Waals surface area contributed by atoms with Gasteiger partial charge in [-0.25, -0.2) is 0 Å². The van der Waals surface area contributed by atoms with Crippen molar-refractivity contribution in [1.82, 2.24) is 0 Å². The first kappa shape index (κ1) is 13.3. The summed E-state index contributed by atoms with van der Waals surface area (Å²) in [7, 11) is 3.18. The fraction of sp³-hybridized carbons (Fsp3) is 0.400. The second-order valence-corrected chi connectivity index (χ2v) is 3.77. The quantitative estimate of drug-likeness (QED) is 0.610. The third kappa shape index (κ3) is 3.61. The maximum Gasteiger partial charge on any atom is 0.393 e. The summed E-state index contributed by atoms with van der Waals surface area (Å²) < 4.78 is 36.5. The molecule has 1 aromatic rings. The van der Waals surface area contributed by atoms with E-state index in [2.05, 4.69) is 0 Å². The summed E-state index contributed by atoms with van der Waals surface area (Å²) in [6, 6.07) is 3.53. The Morgan fingerprint density at radius 3 is 2.35 bits per heavy atom. The predicted molar refractivity (Wildman–Crippen MR) is 57.2 cm³/mol. The van der Waals surface area contributed by atoms with E-state index < -0.39 is 17.5 Å². The average Bonchev–Trinajstić information content (AvgIpc) is 2.14. The zero-order valence-electron chi connectivity index (χ0n) is 9.28. The predicted octanol–water partition coefficient (Wildman–Crippen LogP) is 2.77. The number of nitro benzene ring substituents is 1. The summed E-state index contributed by atoms with van der Waals surface area (Å²) in [6.07, 6.45) is -5.53. The van der Waals surface area contributed by atoms with E-state index in [0.717, 1.165) is 6.07 Å². The lowest BCUT2D eigenvalue weighted by Gasteiger charge is -2.14. The maximum absolute atomic E-state index is 12.2. The molecule has 0 spiro atoms. The Morgan fingerprint density at radius 2 is 1.94 bits per heavy atom. The summed E-state index contributed by atoms with van der Waals surface area (Å²) >= 11 is 0. The fourth-order valence-corrected chi connectivity index (χ4v) is 1.43. The van der Waals surface area contributed by atoms with E-state index >= 15 is 0 Å². The highest BCUT2D eigenvalue weighted by Gasteiger charge is 2.29. The van der Waals surface area contributed by atoms with E-state index in [1.54, 1.807) is 14.1 Å². The van der Waals surface area contributed by atoms with E-state index in [1.807, 2.05) is 0 Å². The molecule has 94 valence electrons. The molecule has 0 amide bonds. The van der Waals surface area contributed by atoms with Gasteiger partial charge in [0.25, 0.3) is 5.69 Å². The van der Waals surface area contributed by atoms with Gasteiger partial charge in [0.2, 0.25) is 0 Å². The van der Waals surface area contributed by atoms with E-state index in [4.69, 9.17) is 0 Å². The molecular formula is C10H11F3N2O2. The number of rotatable bonds is 3. The molecule has 0 unspecified atom stereocenters. The molecule has 0 radical (unpaired) electrons. The minimum atomic E-state index is -4.37. The summed E-state index contributed by atoms with van der Waals surface area (Å²) in [5.41, 5.74) is -0.160. The van der Waals surface area contributed by atoms with E-state index in [1.165, 1.54) is 17.0 Å². The molecule has 0 N–H and O–H groups in total. The molecule has 7 heteroatoms. The van der Waals surface area contributed by atoms with Gasteiger partial charge in [-0.3, -0.25) is 10.1 Å². The summed E-state index contributed by atoms with van der Waals surface area (Å²) in [6.45, 7) is 0. The summed E-state index contributed by atoms with van der Waals surface area (Å²) in [5.74, 6) is 0. The molecule has 0 saturated carbocycles. The van der Waals surface area contributed by atoms with Crippen LogP contribution in [0.25, 0.3) is 0 Å². The van der Waals surface area contributed by atoms with Gasteiger partial charge in [0.1, 0.15) is 5.69 Å². The number of nitrogens with zero attached hydrogens (tertiary/aromatic N) is 2. The van der Waals surface area contributed by atoms with Crippen molar-refractivity contribution in [3.63, 3.8) is 0 Å². The minimum absolute atomic E-state index is 0.116. The largest absolute Gasteiger partial charge is 0.393 e. The molecule has 0 heterocycles. The van der Waals surface area contributed by atoms with Crippen molar-refractivity contribution in [2.45, 2.75) is 12.6 Å². The first-order valence-electron chi connectivity index (χ1n) is 4.72. The van der Waals surface area contributed by atoms with Crippen LogP contribution in [0.5, 0.6) is 0 Å². The van der Waals surface area contributed by atoms with Gasteiger partial charge in [0.15, 0.2) is 0 Å². The van der Waals surface area contributed by atoms with Crippen LogP contribution < -0.4 is 4.90 Å². The van der Waals surface area contributed by atoms with Crippen molar-refractivity contribution in [2.24, 2.45) is 0 Å². The van der Waals surface area contributed by atoms with Crippen molar-refractivity contribution in [3.05, 3.63) is 33.9 Å². The molecular weight excluding hydrogens is 237 g/mol. The zero-order chi connectivity index (χ0) is 13.2. The van der Waals surface area contributed by atoms with Crippen LogP contribution in [0.15, 0.2) is 18.2 Å². The van der Waals surface area contributed by atoms with Crippen LogP contribution >= 0.6 is 0 Å². The first-order chi connectivity index (χ1) is 7.70. The van der Waals surface area contributed by atoms with Crippen molar-refractivity contribution in [2.75, 3.05) is 19.0 Å². The Bertz CT molecular complexity index is 430. The Balaban J connectivity index is 3.15. The van der Waals surface area contributed by atoms with Gasteiger partial charge in [-0.2, -0.15) is 13.2 Å². The molecule has 0 aliphatic carbocycles. The number of hydrogen-bond donors (Lipinski definition) is 0. The lowest BCUT2D eigenvalue weighted by atomic mass is 10.1. The van der Waals surface area contributed by atoms with Gasteiger partial charge < -0.3 is 4.90 Å². The Labute approximate surface area is 95.8 Å². The molecule has 0 bridgehead atoms.